The van der Waals surface area contributed by atoms with Crippen molar-refractivity contribution < 1.29 is 14.3 Å². The summed E-state index contributed by atoms with van der Waals surface area (Å²) >= 11 is 15.3. The van der Waals surface area contributed by atoms with Crippen molar-refractivity contribution in [2.75, 3.05) is 13.2 Å². The Labute approximate surface area is 136 Å². The van der Waals surface area contributed by atoms with Crippen molar-refractivity contribution >= 4 is 45.2 Å². The van der Waals surface area contributed by atoms with E-state index < -0.39 is 11.7 Å². The number of amides is 1. The van der Waals surface area contributed by atoms with Gasteiger partial charge in [-0.2, -0.15) is 0 Å². The topological polar surface area (TPSA) is 47.6 Å². The molecule has 0 saturated carbocycles. The lowest BCUT2D eigenvalue weighted by atomic mass is 10.2. The first-order valence-corrected chi connectivity index (χ1v) is 7.48. The molecule has 1 aromatic carbocycles. The first-order valence-electron chi connectivity index (χ1n) is 5.93. The van der Waals surface area contributed by atoms with Crippen molar-refractivity contribution in [2.45, 2.75) is 26.4 Å². The Balaban J connectivity index is 2.41. The lowest BCUT2D eigenvalue weighted by Gasteiger charge is -2.19. The number of ether oxygens (including phenoxy) is 2. The molecule has 20 heavy (non-hydrogen) atoms. The van der Waals surface area contributed by atoms with Gasteiger partial charge >= 0.3 is 6.09 Å². The van der Waals surface area contributed by atoms with Crippen LogP contribution in [0.2, 0.25) is 10.0 Å². The van der Waals surface area contributed by atoms with Gasteiger partial charge in [0.2, 0.25) is 0 Å². The predicted molar refractivity (Wildman–Crippen MR) is 83.9 cm³/mol. The molecule has 0 radical (unpaired) electrons. The quantitative estimate of drug-likeness (QED) is 0.768. The number of carbonyl (C=O) groups excluding carboxylic acids is 1. The van der Waals surface area contributed by atoms with Gasteiger partial charge in [0, 0.05) is 4.47 Å². The molecule has 0 aliphatic rings. The fourth-order valence-corrected chi connectivity index (χ4v) is 2.60. The van der Waals surface area contributed by atoms with Gasteiger partial charge in [0.25, 0.3) is 0 Å². The summed E-state index contributed by atoms with van der Waals surface area (Å²) in [6, 6.07) is 3.37. The van der Waals surface area contributed by atoms with Gasteiger partial charge in [0.05, 0.1) is 16.6 Å². The molecule has 0 aromatic heterocycles. The maximum Gasteiger partial charge on any atom is 0.407 e. The van der Waals surface area contributed by atoms with E-state index in [2.05, 4.69) is 21.2 Å². The summed E-state index contributed by atoms with van der Waals surface area (Å²) < 4.78 is 11.3. The highest BCUT2D eigenvalue weighted by Crippen LogP contribution is 2.35. The zero-order valence-electron chi connectivity index (χ0n) is 11.4. The molecule has 4 nitrogen and oxygen atoms in total. The molecular weight excluding hydrogens is 369 g/mol. The van der Waals surface area contributed by atoms with E-state index in [4.69, 9.17) is 32.7 Å². The second-order valence-electron chi connectivity index (χ2n) is 4.98. The number of carbonyl (C=O) groups is 1. The fourth-order valence-electron chi connectivity index (χ4n) is 1.29. The molecule has 0 saturated heterocycles. The van der Waals surface area contributed by atoms with E-state index in [9.17, 15) is 4.79 Å². The van der Waals surface area contributed by atoms with Gasteiger partial charge in [-0.15, -0.1) is 0 Å². The second kappa shape index (κ2) is 7.38. The molecule has 0 aliphatic carbocycles. The maximum absolute atomic E-state index is 11.4. The van der Waals surface area contributed by atoms with Gasteiger partial charge in [-0.25, -0.2) is 4.79 Å². The van der Waals surface area contributed by atoms with Gasteiger partial charge in [-0.05, 0) is 32.9 Å². The molecule has 0 spiro atoms. The lowest BCUT2D eigenvalue weighted by Crippen LogP contribution is -2.34. The zero-order valence-corrected chi connectivity index (χ0v) is 14.5. The van der Waals surface area contributed by atoms with Gasteiger partial charge in [0.1, 0.15) is 12.2 Å². The van der Waals surface area contributed by atoms with Crippen molar-refractivity contribution in [1.82, 2.24) is 5.32 Å². The molecule has 1 amide bonds. The summed E-state index contributed by atoms with van der Waals surface area (Å²) in [6.07, 6.45) is -0.492. The van der Waals surface area contributed by atoms with Gasteiger partial charge in [-0.3, -0.25) is 0 Å². The van der Waals surface area contributed by atoms with E-state index in [1.807, 2.05) is 0 Å². The SMILES string of the molecule is CC(C)(C)OC(=O)NCCOc1c(Cl)cc(Br)cc1Cl. The molecule has 0 fully saturated rings. The van der Waals surface area contributed by atoms with Crippen LogP contribution in [-0.4, -0.2) is 24.8 Å². The van der Waals surface area contributed by atoms with Crippen LogP contribution in [0, 0.1) is 0 Å². The Bertz CT molecular complexity index is 466. The van der Waals surface area contributed by atoms with Crippen molar-refractivity contribution in [1.29, 1.82) is 0 Å². The lowest BCUT2D eigenvalue weighted by molar-refractivity contribution is 0.0520. The third-order valence-corrected chi connectivity index (χ3v) is 3.00. The summed E-state index contributed by atoms with van der Waals surface area (Å²) in [7, 11) is 0. The van der Waals surface area contributed by atoms with Crippen molar-refractivity contribution in [3.05, 3.63) is 26.7 Å². The van der Waals surface area contributed by atoms with Crippen LogP contribution in [0.4, 0.5) is 4.79 Å². The van der Waals surface area contributed by atoms with E-state index >= 15 is 0 Å². The molecule has 0 aliphatic heterocycles. The first kappa shape index (κ1) is 17.4. The third-order valence-electron chi connectivity index (χ3n) is 1.98. The summed E-state index contributed by atoms with van der Waals surface area (Å²) in [5.41, 5.74) is -0.525. The van der Waals surface area contributed by atoms with Crippen molar-refractivity contribution in [3.63, 3.8) is 0 Å². The molecule has 1 aromatic rings. The minimum atomic E-state index is -0.525. The number of alkyl carbamates (subject to hydrolysis) is 1. The summed E-state index contributed by atoms with van der Waals surface area (Å²) in [4.78, 5) is 11.4. The van der Waals surface area contributed by atoms with Crippen molar-refractivity contribution in [2.24, 2.45) is 0 Å². The van der Waals surface area contributed by atoms with Crippen LogP contribution < -0.4 is 10.1 Å². The molecule has 1 N–H and O–H groups in total. The molecule has 0 bridgehead atoms. The largest absolute Gasteiger partial charge is 0.489 e. The minimum Gasteiger partial charge on any atom is -0.489 e. The zero-order chi connectivity index (χ0) is 15.3. The normalized spacial score (nSPS) is 11.1. The molecule has 112 valence electrons. The summed E-state index contributed by atoms with van der Waals surface area (Å²) in [6.45, 7) is 5.91. The standard InChI is InChI=1S/C13H16BrCl2NO3/c1-13(2,3)20-12(18)17-4-5-19-11-9(15)6-8(14)7-10(11)16/h6-7H,4-5H2,1-3H3,(H,17,18). The highest BCUT2D eigenvalue weighted by Gasteiger charge is 2.15. The Hall–Kier alpha value is -0.650. The molecule has 1 rings (SSSR count). The molecule has 0 heterocycles. The number of nitrogens with one attached hydrogen (secondary N) is 1. The number of benzene rings is 1. The van der Waals surface area contributed by atoms with E-state index in [0.717, 1.165) is 4.47 Å². The van der Waals surface area contributed by atoms with Crippen LogP contribution >= 0.6 is 39.1 Å². The average Bonchev–Trinajstić information content (AvgIpc) is 2.23. The number of hydrogen-bond donors (Lipinski definition) is 1. The van der Waals surface area contributed by atoms with Crippen LogP contribution in [-0.2, 0) is 4.74 Å². The van der Waals surface area contributed by atoms with E-state index in [-0.39, 0.29) is 13.2 Å². The first-order chi connectivity index (χ1) is 9.19. The highest BCUT2D eigenvalue weighted by molar-refractivity contribution is 9.10. The van der Waals surface area contributed by atoms with E-state index in [0.29, 0.717) is 15.8 Å². The summed E-state index contributed by atoms with van der Waals surface area (Å²) in [5, 5.41) is 3.39. The monoisotopic (exact) mass is 383 g/mol. The number of hydrogen-bond acceptors (Lipinski definition) is 3. The van der Waals surface area contributed by atoms with Crippen LogP contribution in [0.5, 0.6) is 5.75 Å². The molecular formula is C13H16BrCl2NO3. The smallest absolute Gasteiger partial charge is 0.407 e. The van der Waals surface area contributed by atoms with E-state index in [1.165, 1.54) is 0 Å². The number of halogens is 3. The summed E-state index contributed by atoms with van der Waals surface area (Å²) in [5.74, 6) is 0.391. The van der Waals surface area contributed by atoms with Gasteiger partial charge in [0.15, 0.2) is 5.75 Å². The van der Waals surface area contributed by atoms with Crippen molar-refractivity contribution in [3.8, 4) is 5.75 Å². The fraction of sp³-hybridized carbons (Fsp3) is 0.462. The average molecular weight is 385 g/mol. The predicted octanol–water partition coefficient (Wildman–Crippen LogP) is 4.66. The number of rotatable bonds is 4. The molecule has 7 heteroatoms. The van der Waals surface area contributed by atoms with Gasteiger partial charge in [-0.1, -0.05) is 39.1 Å². The second-order valence-corrected chi connectivity index (χ2v) is 6.71. The van der Waals surface area contributed by atoms with Gasteiger partial charge < -0.3 is 14.8 Å². The van der Waals surface area contributed by atoms with Crippen LogP contribution in [0.25, 0.3) is 0 Å². The minimum absolute atomic E-state index is 0.236. The highest BCUT2D eigenvalue weighted by atomic mass is 79.9. The van der Waals surface area contributed by atoms with Crippen LogP contribution in [0.3, 0.4) is 0 Å². The van der Waals surface area contributed by atoms with Crippen LogP contribution in [0.15, 0.2) is 16.6 Å². The molecule has 0 unspecified atom stereocenters. The Morgan fingerprint density at radius 1 is 1.30 bits per heavy atom. The Morgan fingerprint density at radius 3 is 2.35 bits per heavy atom. The maximum atomic E-state index is 11.4. The Morgan fingerprint density at radius 2 is 1.85 bits per heavy atom. The molecule has 0 atom stereocenters. The van der Waals surface area contributed by atoms with E-state index in [1.54, 1.807) is 32.9 Å². The van der Waals surface area contributed by atoms with Crippen LogP contribution in [0.1, 0.15) is 20.8 Å². The Kier molecular flexibility index (Phi) is 6.43. The third kappa shape index (κ3) is 6.20.